The molecule has 96 valence electrons. The van der Waals surface area contributed by atoms with Crippen molar-refractivity contribution in [2.75, 3.05) is 18.1 Å². The van der Waals surface area contributed by atoms with E-state index < -0.39 is 9.84 Å². The molecule has 0 aliphatic rings. The van der Waals surface area contributed by atoms with Gasteiger partial charge in [0.25, 0.3) is 0 Å². The molecular weight excluding hydrogens is 236 g/mol. The fourth-order valence-electron chi connectivity index (χ4n) is 1.29. The summed E-state index contributed by atoms with van der Waals surface area (Å²) >= 11 is 0. The van der Waals surface area contributed by atoms with Gasteiger partial charge in [-0.3, -0.25) is 0 Å². The number of benzene rings is 1. The van der Waals surface area contributed by atoms with Crippen LogP contribution in [0.2, 0.25) is 0 Å². The number of hydrogen-bond acceptors (Lipinski definition) is 4. The lowest BCUT2D eigenvalue weighted by Crippen LogP contribution is -2.33. The third-order valence-electron chi connectivity index (χ3n) is 2.68. The molecule has 0 aliphatic heterocycles. The first kappa shape index (κ1) is 14.0. The smallest absolute Gasteiger partial charge is 0.175 e. The minimum Gasteiger partial charge on any atom is -0.383 e. The van der Waals surface area contributed by atoms with Crippen LogP contribution >= 0.6 is 0 Å². The topological polar surface area (TPSA) is 72.2 Å². The molecule has 4 nitrogen and oxygen atoms in total. The van der Waals surface area contributed by atoms with Gasteiger partial charge >= 0.3 is 0 Å². The van der Waals surface area contributed by atoms with E-state index in [9.17, 15) is 8.42 Å². The van der Waals surface area contributed by atoms with Gasteiger partial charge in [-0.1, -0.05) is 13.8 Å². The van der Waals surface area contributed by atoms with E-state index >= 15 is 0 Å². The molecule has 0 aliphatic carbocycles. The Morgan fingerprint density at radius 2 is 1.76 bits per heavy atom. The van der Waals surface area contributed by atoms with Crippen LogP contribution in [-0.2, 0) is 9.84 Å². The van der Waals surface area contributed by atoms with E-state index in [0.29, 0.717) is 17.4 Å². The van der Waals surface area contributed by atoms with Gasteiger partial charge in [-0.15, -0.1) is 0 Å². The molecule has 1 rings (SSSR count). The number of nitrogens with one attached hydrogen (secondary N) is 1. The van der Waals surface area contributed by atoms with Gasteiger partial charge in [0.1, 0.15) is 0 Å². The highest BCUT2D eigenvalue weighted by Gasteiger charge is 2.08. The van der Waals surface area contributed by atoms with Crippen LogP contribution in [0, 0.1) is 5.92 Å². The highest BCUT2D eigenvalue weighted by molar-refractivity contribution is 7.90. The van der Waals surface area contributed by atoms with Crippen molar-refractivity contribution in [3.05, 3.63) is 24.3 Å². The predicted molar refractivity (Wildman–Crippen MR) is 70.9 cm³/mol. The molecule has 0 fully saturated rings. The monoisotopic (exact) mass is 256 g/mol. The molecule has 3 N–H and O–H groups in total. The summed E-state index contributed by atoms with van der Waals surface area (Å²) in [6, 6.07) is 6.79. The fourth-order valence-corrected chi connectivity index (χ4v) is 1.92. The lowest BCUT2D eigenvalue weighted by molar-refractivity contribution is 0.511. The van der Waals surface area contributed by atoms with Gasteiger partial charge in [-0.25, -0.2) is 8.42 Å². The summed E-state index contributed by atoms with van der Waals surface area (Å²) in [6.45, 7) is 4.81. The van der Waals surface area contributed by atoms with Gasteiger partial charge in [-0.05, 0) is 30.2 Å². The molecule has 1 unspecified atom stereocenters. The maximum atomic E-state index is 11.3. The van der Waals surface area contributed by atoms with Crippen molar-refractivity contribution in [3.8, 4) is 0 Å². The number of hydrogen-bond donors (Lipinski definition) is 2. The molecular formula is C12H20N2O2S. The quantitative estimate of drug-likeness (QED) is 0.837. The van der Waals surface area contributed by atoms with Crippen LogP contribution in [-0.4, -0.2) is 27.3 Å². The summed E-state index contributed by atoms with van der Waals surface area (Å²) in [4.78, 5) is 0.330. The maximum absolute atomic E-state index is 11.3. The molecule has 0 saturated carbocycles. The first-order valence-electron chi connectivity index (χ1n) is 5.60. The SMILES string of the molecule is CC(C)C(N)CNc1ccc(S(C)(=O)=O)cc1. The van der Waals surface area contributed by atoms with Crippen LogP contribution < -0.4 is 11.1 Å². The predicted octanol–water partition coefficient (Wildman–Crippen LogP) is 1.49. The Morgan fingerprint density at radius 3 is 2.18 bits per heavy atom. The molecule has 1 aromatic rings. The molecule has 1 aromatic carbocycles. The standard InChI is InChI=1S/C12H20N2O2S/c1-9(2)12(13)8-14-10-4-6-11(7-5-10)17(3,15)16/h4-7,9,12,14H,8,13H2,1-3H3. The second kappa shape index (κ2) is 5.51. The number of nitrogens with two attached hydrogens (primary N) is 1. The molecule has 5 heteroatoms. The van der Waals surface area contributed by atoms with Gasteiger partial charge in [-0.2, -0.15) is 0 Å². The van der Waals surface area contributed by atoms with Crippen LogP contribution in [0.4, 0.5) is 5.69 Å². The van der Waals surface area contributed by atoms with Gasteiger partial charge in [0.2, 0.25) is 0 Å². The maximum Gasteiger partial charge on any atom is 0.175 e. The summed E-state index contributed by atoms with van der Waals surface area (Å²) < 4.78 is 22.5. The summed E-state index contributed by atoms with van der Waals surface area (Å²) in [5.41, 5.74) is 6.79. The Hall–Kier alpha value is -1.07. The largest absolute Gasteiger partial charge is 0.383 e. The van der Waals surface area contributed by atoms with Crippen LogP contribution in [0.1, 0.15) is 13.8 Å². The second-order valence-electron chi connectivity index (χ2n) is 4.59. The van der Waals surface area contributed by atoms with Crippen LogP contribution in [0.5, 0.6) is 0 Å². The Labute approximate surface area is 103 Å². The number of anilines is 1. The normalized spacial score (nSPS) is 13.7. The molecule has 17 heavy (non-hydrogen) atoms. The zero-order valence-electron chi connectivity index (χ0n) is 10.5. The average molecular weight is 256 g/mol. The molecule has 0 heterocycles. The highest BCUT2D eigenvalue weighted by atomic mass is 32.2. The van der Waals surface area contributed by atoms with Crippen molar-refractivity contribution in [2.24, 2.45) is 11.7 Å². The van der Waals surface area contributed by atoms with Gasteiger partial charge in [0, 0.05) is 24.5 Å². The fraction of sp³-hybridized carbons (Fsp3) is 0.500. The van der Waals surface area contributed by atoms with E-state index in [1.807, 2.05) is 0 Å². The van der Waals surface area contributed by atoms with Crippen molar-refractivity contribution in [2.45, 2.75) is 24.8 Å². The Bertz CT molecular complexity index is 452. The number of sulfone groups is 1. The van der Waals surface area contributed by atoms with Gasteiger partial charge < -0.3 is 11.1 Å². The van der Waals surface area contributed by atoms with Crippen molar-refractivity contribution >= 4 is 15.5 Å². The lowest BCUT2D eigenvalue weighted by Gasteiger charge is -2.17. The van der Waals surface area contributed by atoms with Crippen molar-refractivity contribution in [3.63, 3.8) is 0 Å². The third kappa shape index (κ3) is 4.36. The third-order valence-corrected chi connectivity index (χ3v) is 3.81. The Morgan fingerprint density at radius 1 is 1.24 bits per heavy atom. The summed E-state index contributed by atoms with van der Waals surface area (Å²) in [5.74, 6) is 0.415. The second-order valence-corrected chi connectivity index (χ2v) is 6.60. The summed E-state index contributed by atoms with van der Waals surface area (Å²) in [5, 5.41) is 3.18. The highest BCUT2D eigenvalue weighted by Crippen LogP contribution is 2.14. The average Bonchev–Trinajstić information content (AvgIpc) is 2.25. The minimum atomic E-state index is -3.12. The lowest BCUT2D eigenvalue weighted by atomic mass is 10.1. The number of rotatable bonds is 5. The summed E-state index contributed by atoms with van der Waals surface area (Å²) in [7, 11) is -3.12. The zero-order chi connectivity index (χ0) is 13.1. The van der Waals surface area contributed by atoms with E-state index in [-0.39, 0.29) is 6.04 Å². The molecule has 0 spiro atoms. The van der Waals surface area contributed by atoms with Crippen LogP contribution in [0.25, 0.3) is 0 Å². The molecule has 0 saturated heterocycles. The minimum absolute atomic E-state index is 0.0876. The molecule has 0 amide bonds. The van der Waals surface area contributed by atoms with Crippen LogP contribution in [0.15, 0.2) is 29.2 Å². The summed E-state index contributed by atoms with van der Waals surface area (Å²) in [6.07, 6.45) is 1.20. The molecule has 0 aromatic heterocycles. The van der Waals surface area contributed by atoms with Crippen molar-refractivity contribution in [1.29, 1.82) is 0 Å². The van der Waals surface area contributed by atoms with E-state index in [0.717, 1.165) is 5.69 Å². The van der Waals surface area contributed by atoms with Crippen LogP contribution in [0.3, 0.4) is 0 Å². The van der Waals surface area contributed by atoms with Crippen molar-refractivity contribution < 1.29 is 8.42 Å². The van der Waals surface area contributed by atoms with E-state index in [1.54, 1.807) is 24.3 Å². The van der Waals surface area contributed by atoms with E-state index in [1.165, 1.54) is 6.26 Å². The first-order chi connectivity index (χ1) is 7.80. The van der Waals surface area contributed by atoms with Crippen molar-refractivity contribution in [1.82, 2.24) is 0 Å². The Kier molecular flexibility index (Phi) is 4.54. The van der Waals surface area contributed by atoms with E-state index in [2.05, 4.69) is 19.2 Å². The molecule has 0 radical (unpaired) electrons. The van der Waals surface area contributed by atoms with Gasteiger partial charge in [0.05, 0.1) is 4.90 Å². The molecule has 0 bridgehead atoms. The zero-order valence-corrected chi connectivity index (χ0v) is 11.3. The Balaban J connectivity index is 2.64. The first-order valence-corrected chi connectivity index (χ1v) is 7.49. The van der Waals surface area contributed by atoms with Gasteiger partial charge in [0.15, 0.2) is 9.84 Å². The molecule has 1 atom stereocenters. The van der Waals surface area contributed by atoms with E-state index in [4.69, 9.17) is 5.73 Å².